The van der Waals surface area contributed by atoms with Crippen LogP contribution in [0.25, 0.3) is 0 Å². The number of rotatable bonds is 4. The highest BCUT2D eigenvalue weighted by molar-refractivity contribution is 7.91. The Hall–Kier alpha value is -1.56. The predicted molar refractivity (Wildman–Crippen MR) is 76.6 cm³/mol. The van der Waals surface area contributed by atoms with Crippen LogP contribution >= 0.6 is 0 Å². The summed E-state index contributed by atoms with van der Waals surface area (Å²) >= 11 is 0. The highest BCUT2D eigenvalue weighted by atomic mass is 32.2. The molecule has 1 aromatic rings. The molecule has 1 aliphatic heterocycles. The van der Waals surface area contributed by atoms with Gasteiger partial charge in [-0.1, -0.05) is 6.92 Å². The molecule has 5 nitrogen and oxygen atoms in total. The molecule has 0 N–H and O–H groups in total. The minimum absolute atomic E-state index is 0.0842. The molecule has 0 bridgehead atoms. The molecule has 0 saturated carbocycles. The van der Waals surface area contributed by atoms with Crippen molar-refractivity contribution in [3.05, 3.63) is 24.3 Å². The number of methoxy groups -OCH3 is 1. The summed E-state index contributed by atoms with van der Waals surface area (Å²) in [6.45, 7) is 2.40. The van der Waals surface area contributed by atoms with Crippen molar-refractivity contribution < 1.29 is 17.9 Å². The lowest BCUT2D eigenvalue weighted by atomic mass is 10.2. The molecule has 0 aromatic heterocycles. The van der Waals surface area contributed by atoms with Crippen molar-refractivity contribution in [3.63, 3.8) is 0 Å². The van der Waals surface area contributed by atoms with Gasteiger partial charge in [0.05, 0.1) is 17.8 Å². The molecule has 1 heterocycles. The van der Waals surface area contributed by atoms with Gasteiger partial charge in [0.1, 0.15) is 6.04 Å². The lowest BCUT2D eigenvalue weighted by molar-refractivity contribution is -0.141. The summed E-state index contributed by atoms with van der Waals surface area (Å²) < 4.78 is 28.3. The molecule has 1 unspecified atom stereocenters. The van der Waals surface area contributed by atoms with Crippen LogP contribution in [0.3, 0.4) is 0 Å². The summed E-state index contributed by atoms with van der Waals surface area (Å²) in [6.07, 6.45) is 1.69. The van der Waals surface area contributed by atoms with Gasteiger partial charge in [0.15, 0.2) is 9.84 Å². The van der Waals surface area contributed by atoms with E-state index in [4.69, 9.17) is 4.74 Å². The van der Waals surface area contributed by atoms with Crippen LogP contribution in [0.15, 0.2) is 29.2 Å². The first-order chi connectivity index (χ1) is 9.49. The summed E-state index contributed by atoms with van der Waals surface area (Å²) in [4.78, 5) is 14.0. The minimum atomic E-state index is -3.18. The second-order valence-corrected chi connectivity index (χ2v) is 7.05. The van der Waals surface area contributed by atoms with E-state index in [0.717, 1.165) is 25.1 Å². The van der Waals surface area contributed by atoms with Crippen LogP contribution in [0.2, 0.25) is 0 Å². The number of sulfone groups is 1. The first kappa shape index (κ1) is 14.8. The number of benzene rings is 1. The molecule has 20 heavy (non-hydrogen) atoms. The maximum atomic E-state index is 11.8. The Morgan fingerprint density at radius 3 is 2.55 bits per heavy atom. The summed E-state index contributed by atoms with van der Waals surface area (Å²) in [5.74, 6) is -0.159. The molecule has 110 valence electrons. The van der Waals surface area contributed by atoms with Gasteiger partial charge in [-0.2, -0.15) is 0 Å². The molecule has 1 saturated heterocycles. The zero-order valence-corrected chi connectivity index (χ0v) is 12.5. The first-order valence-corrected chi connectivity index (χ1v) is 8.32. The van der Waals surface area contributed by atoms with Crippen molar-refractivity contribution >= 4 is 21.5 Å². The van der Waals surface area contributed by atoms with Gasteiger partial charge in [-0.05, 0) is 37.1 Å². The van der Waals surface area contributed by atoms with Crippen LogP contribution in [0.5, 0.6) is 0 Å². The normalized spacial score (nSPS) is 19.1. The zero-order valence-electron chi connectivity index (χ0n) is 11.7. The van der Waals surface area contributed by atoms with Crippen molar-refractivity contribution in [2.75, 3.05) is 24.3 Å². The van der Waals surface area contributed by atoms with Gasteiger partial charge in [0, 0.05) is 12.2 Å². The number of carbonyl (C=O) groups is 1. The third-order valence-electron chi connectivity index (χ3n) is 3.63. The molecular weight excluding hydrogens is 278 g/mol. The maximum Gasteiger partial charge on any atom is 0.328 e. The highest BCUT2D eigenvalue weighted by Crippen LogP contribution is 2.27. The quantitative estimate of drug-likeness (QED) is 0.790. The molecule has 0 aliphatic carbocycles. The average Bonchev–Trinajstić information content (AvgIpc) is 2.96. The monoisotopic (exact) mass is 297 g/mol. The molecule has 2 rings (SSSR count). The van der Waals surface area contributed by atoms with E-state index in [1.54, 1.807) is 31.2 Å². The largest absolute Gasteiger partial charge is 0.467 e. The van der Waals surface area contributed by atoms with Crippen molar-refractivity contribution in [3.8, 4) is 0 Å². The van der Waals surface area contributed by atoms with Gasteiger partial charge < -0.3 is 9.64 Å². The molecule has 1 aliphatic rings. The summed E-state index contributed by atoms with van der Waals surface area (Å²) in [7, 11) is -1.80. The zero-order chi connectivity index (χ0) is 14.8. The Bertz CT molecular complexity index is 580. The SMILES string of the molecule is CCS(=O)(=O)c1ccc(N2CCCC2C(=O)OC)cc1. The summed E-state index contributed by atoms with van der Waals surface area (Å²) in [5, 5.41) is 0. The van der Waals surface area contributed by atoms with Gasteiger partial charge >= 0.3 is 5.97 Å². The van der Waals surface area contributed by atoms with Gasteiger partial charge in [0.2, 0.25) is 0 Å². The van der Waals surface area contributed by atoms with E-state index >= 15 is 0 Å². The van der Waals surface area contributed by atoms with Gasteiger partial charge in [-0.15, -0.1) is 0 Å². The van der Waals surface area contributed by atoms with E-state index in [1.807, 2.05) is 4.90 Å². The van der Waals surface area contributed by atoms with Crippen LogP contribution in [-0.2, 0) is 19.4 Å². The topological polar surface area (TPSA) is 63.7 Å². The minimum Gasteiger partial charge on any atom is -0.467 e. The molecule has 0 spiro atoms. The fourth-order valence-corrected chi connectivity index (χ4v) is 3.35. The van der Waals surface area contributed by atoms with Crippen molar-refractivity contribution in [1.29, 1.82) is 0 Å². The van der Waals surface area contributed by atoms with E-state index in [9.17, 15) is 13.2 Å². The number of hydrogen-bond donors (Lipinski definition) is 0. The van der Waals surface area contributed by atoms with Crippen LogP contribution in [-0.4, -0.2) is 39.8 Å². The summed E-state index contributed by atoms with van der Waals surface area (Å²) in [5.41, 5.74) is 0.855. The Balaban J connectivity index is 2.24. The number of ether oxygens (including phenoxy) is 1. The summed E-state index contributed by atoms with van der Waals surface area (Å²) in [6, 6.07) is 6.43. The molecule has 0 amide bonds. The number of anilines is 1. The average molecular weight is 297 g/mol. The number of hydrogen-bond acceptors (Lipinski definition) is 5. The third kappa shape index (κ3) is 2.80. The van der Waals surface area contributed by atoms with Crippen LogP contribution in [0.4, 0.5) is 5.69 Å². The Morgan fingerprint density at radius 1 is 1.35 bits per heavy atom. The Kier molecular flexibility index (Phi) is 4.32. The first-order valence-electron chi connectivity index (χ1n) is 6.67. The number of nitrogens with zero attached hydrogens (tertiary/aromatic N) is 1. The highest BCUT2D eigenvalue weighted by Gasteiger charge is 2.31. The molecule has 1 aromatic carbocycles. The Labute approximate surface area is 119 Å². The second-order valence-electron chi connectivity index (χ2n) is 4.77. The van der Waals surface area contributed by atoms with Crippen molar-refractivity contribution in [1.82, 2.24) is 0 Å². The molecule has 1 atom stereocenters. The van der Waals surface area contributed by atoms with Gasteiger partial charge in [-0.3, -0.25) is 0 Å². The second kappa shape index (κ2) is 5.83. The smallest absolute Gasteiger partial charge is 0.328 e. The van der Waals surface area contributed by atoms with Gasteiger partial charge in [-0.25, -0.2) is 13.2 Å². The predicted octanol–water partition coefficient (Wildman–Crippen LogP) is 1.62. The fraction of sp³-hybridized carbons (Fsp3) is 0.500. The van der Waals surface area contributed by atoms with E-state index in [0.29, 0.717) is 4.90 Å². The molecule has 6 heteroatoms. The Morgan fingerprint density at radius 2 is 2.00 bits per heavy atom. The molecule has 1 fully saturated rings. The molecular formula is C14H19NO4S. The fourth-order valence-electron chi connectivity index (χ4n) is 2.47. The van der Waals surface area contributed by atoms with E-state index in [-0.39, 0.29) is 17.8 Å². The van der Waals surface area contributed by atoms with Crippen molar-refractivity contribution in [2.24, 2.45) is 0 Å². The third-order valence-corrected chi connectivity index (χ3v) is 5.38. The van der Waals surface area contributed by atoms with E-state index in [1.165, 1.54) is 7.11 Å². The maximum absolute atomic E-state index is 11.8. The standard InChI is InChI=1S/C14H19NO4S/c1-3-20(17,18)12-8-6-11(7-9-12)15-10-4-5-13(15)14(16)19-2/h6-9,13H,3-5,10H2,1-2H3. The van der Waals surface area contributed by atoms with E-state index in [2.05, 4.69) is 0 Å². The number of carbonyl (C=O) groups excluding carboxylic acids is 1. The van der Waals surface area contributed by atoms with Crippen LogP contribution in [0.1, 0.15) is 19.8 Å². The number of esters is 1. The van der Waals surface area contributed by atoms with Gasteiger partial charge in [0.25, 0.3) is 0 Å². The molecule has 0 radical (unpaired) electrons. The van der Waals surface area contributed by atoms with Crippen LogP contribution < -0.4 is 4.90 Å². The lowest BCUT2D eigenvalue weighted by Gasteiger charge is -2.24. The lowest BCUT2D eigenvalue weighted by Crippen LogP contribution is -2.36. The van der Waals surface area contributed by atoms with Crippen LogP contribution in [0, 0.1) is 0 Å². The van der Waals surface area contributed by atoms with E-state index < -0.39 is 9.84 Å². The van der Waals surface area contributed by atoms with Crippen molar-refractivity contribution in [2.45, 2.75) is 30.7 Å².